The number of hydrogen-bond acceptors (Lipinski definition) is 7. The van der Waals surface area contributed by atoms with Crippen LogP contribution >= 0.6 is 11.3 Å². The Morgan fingerprint density at radius 1 is 1.22 bits per heavy atom. The summed E-state index contributed by atoms with van der Waals surface area (Å²) in [5.41, 5.74) is 0. The van der Waals surface area contributed by atoms with Gasteiger partial charge in [-0.25, -0.2) is 9.18 Å². The number of rotatable bonds is 8. The molecule has 0 radical (unpaired) electrons. The van der Waals surface area contributed by atoms with Crippen LogP contribution in [0.1, 0.15) is 9.67 Å². The zero-order valence-electron chi connectivity index (χ0n) is 13.0. The third kappa shape index (κ3) is 3.90. The fraction of sp³-hybridized carbons (Fsp3) is 0.400. The van der Waals surface area contributed by atoms with E-state index >= 15 is 0 Å². The molecule has 6 nitrogen and oxygen atoms in total. The number of fused-ring (bicyclic) bond motifs is 1. The van der Waals surface area contributed by atoms with Crippen LogP contribution in [-0.2, 0) is 14.2 Å². The van der Waals surface area contributed by atoms with Gasteiger partial charge in [0.2, 0.25) is 0 Å². The fourth-order valence-electron chi connectivity index (χ4n) is 1.90. The normalized spacial score (nSPS) is 10.8. The van der Waals surface area contributed by atoms with E-state index in [9.17, 15) is 9.18 Å². The summed E-state index contributed by atoms with van der Waals surface area (Å²) >= 11 is 1.08. The highest BCUT2D eigenvalue weighted by atomic mass is 32.1. The summed E-state index contributed by atoms with van der Waals surface area (Å²) < 4.78 is 39.7. The first kappa shape index (κ1) is 17.5. The average Bonchev–Trinajstić information content (AvgIpc) is 2.90. The standard InChI is InChI=1S/C15H17FO6S/c1-18-4-5-21-8-22-13-9-6-11(19-2)10(16)7-12(9)23-14(13)15(17)20-3/h6-7H,4-5,8H2,1-3H3. The zero-order valence-corrected chi connectivity index (χ0v) is 13.8. The van der Waals surface area contributed by atoms with E-state index in [-0.39, 0.29) is 23.2 Å². The second kappa shape index (κ2) is 8.09. The largest absolute Gasteiger partial charge is 0.494 e. The van der Waals surface area contributed by atoms with Gasteiger partial charge in [0.1, 0.15) is 0 Å². The van der Waals surface area contributed by atoms with Gasteiger partial charge in [0.15, 0.2) is 29.0 Å². The van der Waals surface area contributed by atoms with Crippen LogP contribution in [0.2, 0.25) is 0 Å². The molecule has 1 heterocycles. The van der Waals surface area contributed by atoms with Gasteiger partial charge < -0.3 is 23.7 Å². The Balaban J connectivity index is 2.34. The van der Waals surface area contributed by atoms with Gasteiger partial charge in [0.25, 0.3) is 0 Å². The summed E-state index contributed by atoms with van der Waals surface area (Å²) in [6, 6.07) is 2.78. The quantitative estimate of drug-likeness (QED) is 0.417. The van der Waals surface area contributed by atoms with Crippen molar-refractivity contribution >= 4 is 27.4 Å². The Hall–Kier alpha value is -1.90. The van der Waals surface area contributed by atoms with Crippen LogP contribution in [0.4, 0.5) is 4.39 Å². The van der Waals surface area contributed by atoms with Crippen molar-refractivity contribution < 1.29 is 32.9 Å². The van der Waals surface area contributed by atoms with Crippen molar-refractivity contribution in [1.82, 2.24) is 0 Å². The molecule has 0 N–H and O–H groups in total. The Kier molecular flexibility index (Phi) is 6.14. The van der Waals surface area contributed by atoms with Gasteiger partial charge in [-0.05, 0) is 12.1 Å². The van der Waals surface area contributed by atoms with Crippen LogP contribution in [0.25, 0.3) is 10.1 Å². The monoisotopic (exact) mass is 344 g/mol. The number of thiophene rings is 1. The maximum Gasteiger partial charge on any atom is 0.351 e. The predicted octanol–water partition coefficient (Wildman–Crippen LogP) is 2.83. The molecule has 1 aromatic carbocycles. The number of esters is 1. The van der Waals surface area contributed by atoms with Crippen molar-refractivity contribution in [2.75, 3.05) is 41.3 Å². The highest BCUT2D eigenvalue weighted by Crippen LogP contribution is 2.41. The summed E-state index contributed by atoms with van der Waals surface area (Å²) in [6.07, 6.45) is 0. The molecule has 0 saturated carbocycles. The maximum absolute atomic E-state index is 13.8. The lowest BCUT2D eigenvalue weighted by molar-refractivity contribution is -0.00817. The number of methoxy groups -OCH3 is 3. The van der Waals surface area contributed by atoms with E-state index in [2.05, 4.69) is 0 Å². The molecule has 1 aromatic heterocycles. The van der Waals surface area contributed by atoms with E-state index in [1.165, 1.54) is 26.4 Å². The smallest absolute Gasteiger partial charge is 0.351 e. The van der Waals surface area contributed by atoms with Gasteiger partial charge in [-0.1, -0.05) is 0 Å². The molecule has 0 fully saturated rings. The molecule has 0 saturated heterocycles. The third-order valence-corrected chi connectivity index (χ3v) is 4.12. The van der Waals surface area contributed by atoms with E-state index in [4.69, 9.17) is 23.7 Å². The van der Waals surface area contributed by atoms with Gasteiger partial charge in [0.05, 0.1) is 27.4 Å². The lowest BCUT2D eigenvalue weighted by Crippen LogP contribution is -2.09. The number of halogens is 1. The molecule has 0 aliphatic heterocycles. The van der Waals surface area contributed by atoms with E-state index < -0.39 is 11.8 Å². The minimum atomic E-state index is -0.558. The van der Waals surface area contributed by atoms with Gasteiger partial charge in [-0.2, -0.15) is 0 Å². The van der Waals surface area contributed by atoms with E-state index in [0.717, 1.165) is 11.3 Å². The number of carbonyl (C=O) groups is 1. The van der Waals surface area contributed by atoms with Gasteiger partial charge >= 0.3 is 5.97 Å². The molecule has 0 spiro atoms. The Morgan fingerprint density at radius 2 is 2.00 bits per heavy atom. The Labute approximate surface area is 136 Å². The van der Waals surface area contributed by atoms with Gasteiger partial charge in [0, 0.05) is 17.2 Å². The number of hydrogen-bond donors (Lipinski definition) is 0. The van der Waals surface area contributed by atoms with Crippen LogP contribution in [0.5, 0.6) is 11.5 Å². The fourth-order valence-corrected chi connectivity index (χ4v) is 2.98. The second-order valence-corrected chi connectivity index (χ2v) is 5.45. The van der Waals surface area contributed by atoms with Crippen LogP contribution in [0, 0.1) is 5.82 Å². The Bertz CT molecular complexity index is 684. The van der Waals surface area contributed by atoms with Crippen molar-refractivity contribution in [2.24, 2.45) is 0 Å². The molecule has 0 bridgehead atoms. The summed E-state index contributed by atoms with van der Waals surface area (Å²) in [5.74, 6) is -0.720. The topological polar surface area (TPSA) is 63.2 Å². The average molecular weight is 344 g/mol. The van der Waals surface area contributed by atoms with Gasteiger partial charge in [-0.15, -0.1) is 11.3 Å². The summed E-state index contributed by atoms with van der Waals surface area (Å²) in [5, 5.41) is 0.559. The molecule has 0 aliphatic carbocycles. The minimum Gasteiger partial charge on any atom is -0.494 e. The molecule has 0 amide bonds. The van der Waals surface area contributed by atoms with E-state index in [1.807, 2.05) is 0 Å². The number of carbonyl (C=O) groups excluding carboxylic acids is 1. The van der Waals surface area contributed by atoms with E-state index in [1.54, 1.807) is 7.11 Å². The van der Waals surface area contributed by atoms with Crippen LogP contribution in [0.3, 0.4) is 0 Å². The molecular weight excluding hydrogens is 327 g/mol. The molecule has 0 atom stereocenters. The lowest BCUT2D eigenvalue weighted by Gasteiger charge is -2.08. The highest BCUT2D eigenvalue weighted by Gasteiger charge is 2.22. The second-order valence-electron chi connectivity index (χ2n) is 4.40. The third-order valence-electron chi connectivity index (χ3n) is 3.01. The molecule has 0 unspecified atom stereocenters. The first-order valence-corrected chi connectivity index (χ1v) is 7.51. The van der Waals surface area contributed by atoms with Crippen LogP contribution in [0.15, 0.2) is 12.1 Å². The minimum absolute atomic E-state index is 0.0665. The van der Waals surface area contributed by atoms with Crippen LogP contribution in [-0.4, -0.2) is 47.3 Å². The molecule has 126 valence electrons. The SMILES string of the molecule is COCCOCOc1c(C(=O)OC)sc2cc(F)c(OC)cc12. The zero-order chi connectivity index (χ0) is 16.8. The van der Waals surface area contributed by atoms with Crippen molar-refractivity contribution in [3.8, 4) is 11.5 Å². The predicted molar refractivity (Wildman–Crippen MR) is 83.0 cm³/mol. The van der Waals surface area contributed by atoms with Crippen molar-refractivity contribution in [3.63, 3.8) is 0 Å². The molecule has 2 aromatic rings. The molecule has 0 aliphatic rings. The van der Waals surface area contributed by atoms with Crippen LogP contribution < -0.4 is 9.47 Å². The first-order valence-electron chi connectivity index (χ1n) is 6.70. The summed E-state index contributed by atoms with van der Waals surface area (Å²) in [4.78, 5) is 12.1. The van der Waals surface area contributed by atoms with Gasteiger partial charge in [-0.3, -0.25) is 0 Å². The summed E-state index contributed by atoms with van der Waals surface area (Å²) in [6.45, 7) is 0.708. The van der Waals surface area contributed by atoms with Crippen molar-refractivity contribution in [3.05, 3.63) is 22.8 Å². The highest BCUT2D eigenvalue weighted by molar-refractivity contribution is 7.21. The lowest BCUT2D eigenvalue weighted by atomic mass is 10.2. The number of ether oxygens (including phenoxy) is 5. The molecule has 8 heteroatoms. The maximum atomic E-state index is 13.8. The number of benzene rings is 1. The van der Waals surface area contributed by atoms with E-state index in [0.29, 0.717) is 23.3 Å². The Morgan fingerprint density at radius 3 is 2.65 bits per heavy atom. The van der Waals surface area contributed by atoms with Crippen molar-refractivity contribution in [2.45, 2.75) is 0 Å². The molecule has 2 rings (SSSR count). The molecular formula is C15H17FO6S. The van der Waals surface area contributed by atoms with Crippen molar-refractivity contribution in [1.29, 1.82) is 0 Å². The molecule has 23 heavy (non-hydrogen) atoms. The first-order chi connectivity index (χ1) is 11.1. The summed E-state index contributed by atoms with van der Waals surface area (Å²) in [7, 11) is 4.20.